The van der Waals surface area contributed by atoms with Crippen LogP contribution in [-0.2, 0) is 14.8 Å². The van der Waals surface area contributed by atoms with Gasteiger partial charge in [-0.25, -0.2) is 8.42 Å². The maximum Gasteiger partial charge on any atom is 0.233 e. The minimum absolute atomic E-state index is 0.347. The predicted molar refractivity (Wildman–Crippen MR) is 58.7 cm³/mol. The first-order valence-electron chi connectivity index (χ1n) is 5.37. The van der Waals surface area contributed by atoms with E-state index in [1.54, 1.807) is 0 Å². The van der Waals surface area contributed by atoms with Crippen LogP contribution in [0, 0.1) is 11.8 Å². The quantitative estimate of drug-likeness (QED) is 0.798. The smallest absolute Gasteiger partial charge is 0.233 e. The molecule has 0 atom stereocenters. The zero-order valence-electron chi connectivity index (χ0n) is 9.32. The molecule has 0 aromatic heterocycles. The molecule has 1 saturated carbocycles. The third kappa shape index (κ3) is 5.16. The number of carbonyl (C=O) groups excluding carboxylic acids is 1. The summed E-state index contributed by atoms with van der Waals surface area (Å²) in [7, 11) is -3.38. The largest absolute Gasteiger partial charge is 0.274 e. The molecule has 0 unspecified atom stereocenters. The lowest BCUT2D eigenvalue weighted by Crippen LogP contribution is -2.31. The highest BCUT2D eigenvalue weighted by atomic mass is 32.2. The van der Waals surface area contributed by atoms with Gasteiger partial charge in [0.15, 0.2) is 0 Å². The fourth-order valence-corrected chi connectivity index (χ4v) is 2.54. The molecule has 1 fully saturated rings. The zero-order valence-corrected chi connectivity index (χ0v) is 10.1. The van der Waals surface area contributed by atoms with E-state index in [0.717, 1.165) is 37.9 Å². The first kappa shape index (κ1) is 12.5. The van der Waals surface area contributed by atoms with Crippen molar-refractivity contribution in [3.8, 4) is 0 Å². The fraction of sp³-hybridized carbons (Fsp3) is 0.900. The molecule has 1 aliphatic rings. The maximum absolute atomic E-state index is 11.3. The minimum atomic E-state index is -3.38. The third-order valence-corrected chi connectivity index (χ3v) is 3.51. The lowest BCUT2D eigenvalue weighted by molar-refractivity contribution is -0.120. The van der Waals surface area contributed by atoms with E-state index in [1.165, 1.54) is 0 Å². The average Bonchev–Trinajstić information content (AvgIpc) is 2.05. The molecule has 5 heteroatoms. The van der Waals surface area contributed by atoms with Crippen molar-refractivity contribution in [3.05, 3.63) is 0 Å². The van der Waals surface area contributed by atoms with E-state index >= 15 is 0 Å². The summed E-state index contributed by atoms with van der Waals surface area (Å²) in [6.45, 7) is 2.22. The van der Waals surface area contributed by atoms with Gasteiger partial charge in [0.1, 0.15) is 0 Å². The van der Waals surface area contributed by atoms with Gasteiger partial charge in [-0.3, -0.25) is 9.52 Å². The van der Waals surface area contributed by atoms with Gasteiger partial charge >= 0.3 is 0 Å². The Morgan fingerprint density at radius 3 is 2.27 bits per heavy atom. The Morgan fingerprint density at radius 2 is 1.80 bits per heavy atom. The molecule has 15 heavy (non-hydrogen) atoms. The van der Waals surface area contributed by atoms with E-state index in [9.17, 15) is 13.2 Å². The van der Waals surface area contributed by atoms with Crippen molar-refractivity contribution in [2.24, 2.45) is 11.8 Å². The van der Waals surface area contributed by atoms with E-state index in [2.05, 4.69) is 6.92 Å². The van der Waals surface area contributed by atoms with E-state index in [-0.39, 0.29) is 5.91 Å². The van der Waals surface area contributed by atoms with Crippen LogP contribution in [0.1, 0.15) is 39.0 Å². The molecule has 1 N–H and O–H groups in total. The van der Waals surface area contributed by atoms with Crippen LogP contribution in [-0.4, -0.2) is 20.6 Å². The molecule has 1 amide bonds. The van der Waals surface area contributed by atoms with E-state index < -0.39 is 10.0 Å². The van der Waals surface area contributed by atoms with E-state index in [1.807, 2.05) is 4.72 Å². The summed E-state index contributed by atoms with van der Waals surface area (Å²) < 4.78 is 23.6. The van der Waals surface area contributed by atoms with Crippen LogP contribution in [0.15, 0.2) is 0 Å². The van der Waals surface area contributed by atoms with Gasteiger partial charge in [0, 0.05) is 6.42 Å². The highest BCUT2D eigenvalue weighted by Gasteiger charge is 2.21. The first-order valence-corrected chi connectivity index (χ1v) is 7.26. The standard InChI is InChI=1S/C10H19NO3S/c1-8-3-5-9(6-4-8)7-10(12)11-15(2,13)14/h8-9H,3-7H2,1-2H3,(H,11,12). The number of hydrogen-bond acceptors (Lipinski definition) is 3. The highest BCUT2D eigenvalue weighted by molar-refractivity contribution is 7.89. The van der Waals surface area contributed by atoms with Gasteiger partial charge in [0.2, 0.25) is 15.9 Å². The van der Waals surface area contributed by atoms with Crippen LogP contribution in [0.4, 0.5) is 0 Å². The number of rotatable bonds is 3. The van der Waals surface area contributed by atoms with Crippen molar-refractivity contribution in [2.75, 3.05) is 6.26 Å². The van der Waals surface area contributed by atoms with Gasteiger partial charge in [-0.05, 0) is 24.7 Å². The number of nitrogens with one attached hydrogen (secondary N) is 1. The Labute approximate surface area is 91.5 Å². The summed E-state index contributed by atoms with van der Waals surface area (Å²) >= 11 is 0. The predicted octanol–water partition coefficient (Wildman–Crippen LogP) is 1.28. The molecule has 0 aromatic carbocycles. The molecule has 88 valence electrons. The van der Waals surface area contributed by atoms with Gasteiger partial charge in [-0.2, -0.15) is 0 Å². The molecule has 0 bridgehead atoms. The Balaban J connectivity index is 2.33. The van der Waals surface area contributed by atoms with Gasteiger partial charge < -0.3 is 0 Å². The molecule has 0 aromatic rings. The number of sulfonamides is 1. The second-order valence-electron chi connectivity index (χ2n) is 4.63. The van der Waals surface area contributed by atoms with Crippen molar-refractivity contribution in [3.63, 3.8) is 0 Å². The van der Waals surface area contributed by atoms with Crippen LogP contribution in [0.2, 0.25) is 0 Å². The lowest BCUT2D eigenvalue weighted by Gasteiger charge is -2.25. The molecular weight excluding hydrogens is 214 g/mol. The SMILES string of the molecule is CC1CCC(CC(=O)NS(C)(=O)=O)CC1. The molecule has 4 nitrogen and oxygen atoms in total. The maximum atomic E-state index is 11.3. The van der Waals surface area contributed by atoms with Crippen LogP contribution in [0.5, 0.6) is 0 Å². The summed E-state index contributed by atoms with van der Waals surface area (Å²) in [6.07, 6.45) is 5.73. The second-order valence-corrected chi connectivity index (χ2v) is 6.38. The lowest BCUT2D eigenvalue weighted by atomic mass is 9.81. The van der Waals surface area contributed by atoms with Crippen molar-refractivity contribution in [2.45, 2.75) is 39.0 Å². The summed E-state index contributed by atoms with van der Waals surface area (Å²) in [5.74, 6) is 0.749. The molecule has 0 radical (unpaired) electrons. The van der Waals surface area contributed by atoms with Crippen molar-refractivity contribution >= 4 is 15.9 Å². The van der Waals surface area contributed by atoms with Gasteiger partial charge in [0.25, 0.3) is 0 Å². The van der Waals surface area contributed by atoms with Gasteiger partial charge in [0.05, 0.1) is 6.26 Å². The number of hydrogen-bond donors (Lipinski definition) is 1. The summed E-state index contributed by atoms with van der Waals surface area (Å²) in [4.78, 5) is 11.3. The molecule has 1 aliphatic carbocycles. The monoisotopic (exact) mass is 233 g/mol. The van der Waals surface area contributed by atoms with Crippen LogP contribution >= 0.6 is 0 Å². The topological polar surface area (TPSA) is 63.2 Å². The van der Waals surface area contributed by atoms with Gasteiger partial charge in [-0.15, -0.1) is 0 Å². The zero-order chi connectivity index (χ0) is 11.5. The first-order chi connectivity index (χ1) is 6.87. The van der Waals surface area contributed by atoms with Gasteiger partial charge in [-0.1, -0.05) is 19.8 Å². The molecular formula is C10H19NO3S. The fourth-order valence-electron chi connectivity index (χ4n) is 2.04. The highest BCUT2D eigenvalue weighted by Crippen LogP contribution is 2.30. The minimum Gasteiger partial charge on any atom is -0.274 e. The number of carbonyl (C=O) groups is 1. The molecule has 0 saturated heterocycles. The van der Waals surface area contributed by atoms with Crippen LogP contribution < -0.4 is 4.72 Å². The molecule has 0 heterocycles. The van der Waals surface area contributed by atoms with Crippen molar-refractivity contribution < 1.29 is 13.2 Å². The molecule has 0 spiro atoms. The van der Waals surface area contributed by atoms with E-state index in [0.29, 0.717) is 12.3 Å². The Hall–Kier alpha value is -0.580. The average molecular weight is 233 g/mol. The van der Waals surface area contributed by atoms with Crippen LogP contribution in [0.25, 0.3) is 0 Å². The normalized spacial score (nSPS) is 27.3. The third-order valence-electron chi connectivity index (χ3n) is 2.91. The Morgan fingerprint density at radius 1 is 1.27 bits per heavy atom. The van der Waals surface area contributed by atoms with E-state index in [4.69, 9.17) is 0 Å². The molecule has 1 rings (SSSR count). The van der Waals surface area contributed by atoms with Crippen molar-refractivity contribution in [1.29, 1.82) is 0 Å². The molecule has 0 aliphatic heterocycles. The Kier molecular flexibility index (Phi) is 4.13. The summed E-state index contributed by atoms with van der Waals surface area (Å²) in [6, 6.07) is 0. The van der Waals surface area contributed by atoms with Crippen molar-refractivity contribution in [1.82, 2.24) is 4.72 Å². The Bertz CT molecular complexity index is 316. The number of amides is 1. The summed E-state index contributed by atoms with van der Waals surface area (Å²) in [5, 5.41) is 0. The summed E-state index contributed by atoms with van der Waals surface area (Å²) in [5.41, 5.74) is 0. The second kappa shape index (κ2) is 4.96. The van der Waals surface area contributed by atoms with Crippen LogP contribution in [0.3, 0.4) is 0 Å².